The van der Waals surface area contributed by atoms with Crippen molar-refractivity contribution in [3.05, 3.63) is 75.7 Å². The molecule has 2 heterocycles. The van der Waals surface area contributed by atoms with Gasteiger partial charge in [0.05, 0.1) is 12.6 Å². The van der Waals surface area contributed by atoms with Gasteiger partial charge in [0.25, 0.3) is 5.91 Å². The van der Waals surface area contributed by atoms with E-state index < -0.39 is 0 Å². The fraction of sp³-hybridized carbons (Fsp3) is 0.238. The van der Waals surface area contributed by atoms with Gasteiger partial charge in [-0.3, -0.25) is 9.59 Å². The summed E-state index contributed by atoms with van der Waals surface area (Å²) in [7, 11) is 0. The molecule has 4 rings (SSSR count). The Morgan fingerprint density at radius 1 is 1.23 bits per heavy atom. The lowest BCUT2D eigenvalue weighted by Crippen LogP contribution is -2.32. The zero-order valence-corrected chi connectivity index (χ0v) is 14.5. The molecule has 0 fully saturated rings. The molecule has 0 bridgehead atoms. The molecule has 0 radical (unpaired) electrons. The first kappa shape index (κ1) is 16.4. The van der Waals surface area contributed by atoms with E-state index in [0.717, 1.165) is 40.6 Å². The van der Waals surface area contributed by atoms with Crippen LogP contribution in [0.4, 0.5) is 0 Å². The van der Waals surface area contributed by atoms with E-state index in [4.69, 9.17) is 4.74 Å². The molecule has 1 aliphatic rings. The third kappa shape index (κ3) is 2.96. The summed E-state index contributed by atoms with van der Waals surface area (Å²) in [5.41, 5.74) is 1.54. The third-order valence-corrected chi connectivity index (χ3v) is 4.78. The highest BCUT2D eigenvalue weighted by Crippen LogP contribution is 2.37. The van der Waals surface area contributed by atoms with Crippen LogP contribution in [0.2, 0.25) is 0 Å². The van der Waals surface area contributed by atoms with Crippen LogP contribution in [0.1, 0.15) is 40.5 Å². The molecule has 0 spiro atoms. The van der Waals surface area contributed by atoms with Crippen LogP contribution in [-0.4, -0.2) is 17.5 Å². The highest BCUT2D eigenvalue weighted by atomic mass is 16.5. The predicted molar refractivity (Wildman–Crippen MR) is 101 cm³/mol. The average Bonchev–Trinajstić information content (AvgIpc) is 2.84. The van der Waals surface area contributed by atoms with Crippen molar-refractivity contribution in [1.82, 2.24) is 10.3 Å². The highest BCUT2D eigenvalue weighted by Gasteiger charge is 2.24. The maximum absolute atomic E-state index is 12.7. The molecule has 1 aliphatic heterocycles. The van der Waals surface area contributed by atoms with E-state index in [-0.39, 0.29) is 22.9 Å². The molecular formula is C21H20N2O3. The molecule has 0 unspecified atom stereocenters. The Balaban J connectivity index is 1.71. The van der Waals surface area contributed by atoms with E-state index in [2.05, 4.69) is 10.3 Å². The maximum atomic E-state index is 12.7. The number of benzene rings is 2. The number of H-pyrrole nitrogens is 1. The lowest BCUT2D eigenvalue weighted by atomic mass is 9.97. The number of pyridine rings is 1. The normalized spacial score (nSPS) is 16.4. The van der Waals surface area contributed by atoms with Gasteiger partial charge in [-0.25, -0.2) is 0 Å². The van der Waals surface area contributed by atoms with Gasteiger partial charge in [0.15, 0.2) is 5.43 Å². The first-order valence-electron chi connectivity index (χ1n) is 8.78. The number of carbonyl (C=O) groups is 1. The van der Waals surface area contributed by atoms with E-state index in [9.17, 15) is 9.59 Å². The fourth-order valence-corrected chi connectivity index (χ4v) is 3.45. The quantitative estimate of drug-likeness (QED) is 0.745. The van der Waals surface area contributed by atoms with Crippen LogP contribution in [0.3, 0.4) is 0 Å². The summed E-state index contributed by atoms with van der Waals surface area (Å²) in [6.07, 6.45) is 3.07. The minimum Gasteiger partial charge on any atom is -0.493 e. The van der Waals surface area contributed by atoms with Crippen molar-refractivity contribution in [3.63, 3.8) is 0 Å². The van der Waals surface area contributed by atoms with Crippen LogP contribution < -0.4 is 15.5 Å². The molecular weight excluding hydrogens is 328 g/mol. The summed E-state index contributed by atoms with van der Waals surface area (Å²) in [6, 6.07) is 13.3. The largest absolute Gasteiger partial charge is 0.493 e. The standard InChI is InChI=1S/C21H20N2O3/c1-13-11-19(24)17(12-22-13)21(25)23-18-7-4-10-26-20-15-6-3-2-5-14(15)8-9-16(18)20/h2-3,5-6,8-9,11-12,18H,4,7,10H2,1H3,(H,22,24)(H,23,25)/t18-/m1/s1. The summed E-state index contributed by atoms with van der Waals surface area (Å²) in [5.74, 6) is 0.459. The summed E-state index contributed by atoms with van der Waals surface area (Å²) < 4.78 is 6.00. The van der Waals surface area contributed by atoms with Gasteiger partial charge in [0, 0.05) is 28.9 Å². The molecule has 1 atom stereocenters. The van der Waals surface area contributed by atoms with E-state index in [0.29, 0.717) is 6.61 Å². The van der Waals surface area contributed by atoms with Gasteiger partial charge in [0.1, 0.15) is 11.3 Å². The maximum Gasteiger partial charge on any atom is 0.257 e. The highest BCUT2D eigenvalue weighted by molar-refractivity contribution is 5.94. The Morgan fingerprint density at radius 3 is 2.92 bits per heavy atom. The van der Waals surface area contributed by atoms with E-state index in [1.807, 2.05) is 36.4 Å². The first-order chi connectivity index (χ1) is 12.6. The monoisotopic (exact) mass is 348 g/mol. The molecule has 0 saturated heterocycles. The topological polar surface area (TPSA) is 71.2 Å². The number of fused-ring (bicyclic) bond motifs is 3. The summed E-state index contributed by atoms with van der Waals surface area (Å²) in [4.78, 5) is 27.7. The predicted octanol–water partition coefficient (Wildman–Crippen LogP) is 3.48. The second kappa shape index (κ2) is 6.67. The van der Waals surface area contributed by atoms with Gasteiger partial charge in [0.2, 0.25) is 0 Å². The third-order valence-electron chi connectivity index (χ3n) is 4.78. The number of hydrogen-bond acceptors (Lipinski definition) is 3. The number of hydrogen-bond donors (Lipinski definition) is 2. The average molecular weight is 348 g/mol. The molecule has 2 N–H and O–H groups in total. The molecule has 1 amide bonds. The molecule has 5 heteroatoms. The number of rotatable bonds is 2. The number of aromatic amines is 1. The van der Waals surface area contributed by atoms with Gasteiger partial charge in [-0.15, -0.1) is 0 Å². The summed E-state index contributed by atoms with van der Waals surface area (Å²) in [6.45, 7) is 2.39. The van der Waals surface area contributed by atoms with Gasteiger partial charge in [-0.2, -0.15) is 0 Å². The van der Waals surface area contributed by atoms with Crippen molar-refractivity contribution in [2.75, 3.05) is 6.61 Å². The van der Waals surface area contributed by atoms with Gasteiger partial charge in [-0.1, -0.05) is 36.4 Å². The van der Waals surface area contributed by atoms with Gasteiger partial charge in [-0.05, 0) is 25.2 Å². The minimum absolute atomic E-state index is 0.128. The zero-order valence-electron chi connectivity index (χ0n) is 14.5. The van der Waals surface area contributed by atoms with Crippen molar-refractivity contribution in [2.45, 2.75) is 25.8 Å². The van der Waals surface area contributed by atoms with Crippen molar-refractivity contribution in [1.29, 1.82) is 0 Å². The van der Waals surface area contributed by atoms with Crippen molar-refractivity contribution >= 4 is 16.7 Å². The van der Waals surface area contributed by atoms with E-state index >= 15 is 0 Å². The van der Waals surface area contributed by atoms with Crippen LogP contribution in [-0.2, 0) is 0 Å². The van der Waals surface area contributed by atoms with Crippen molar-refractivity contribution in [2.24, 2.45) is 0 Å². The smallest absolute Gasteiger partial charge is 0.257 e. The number of ether oxygens (including phenoxy) is 1. The van der Waals surface area contributed by atoms with Gasteiger partial charge < -0.3 is 15.0 Å². The van der Waals surface area contributed by atoms with E-state index in [1.165, 1.54) is 12.3 Å². The summed E-state index contributed by atoms with van der Waals surface area (Å²) >= 11 is 0. The van der Waals surface area contributed by atoms with Crippen LogP contribution in [0, 0.1) is 6.92 Å². The Kier molecular flexibility index (Phi) is 4.21. The van der Waals surface area contributed by atoms with Crippen LogP contribution >= 0.6 is 0 Å². The molecule has 3 aromatic rings. The molecule has 2 aromatic carbocycles. The number of aryl methyl sites for hydroxylation is 1. The fourth-order valence-electron chi connectivity index (χ4n) is 3.45. The number of aromatic nitrogens is 1. The molecule has 1 aromatic heterocycles. The Bertz CT molecular complexity index is 1040. The van der Waals surface area contributed by atoms with Crippen LogP contribution in [0.15, 0.2) is 53.5 Å². The van der Waals surface area contributed by atoms with Crippen LogP contribution in [0.25, 0.3) is 10.8 Å². The zero-order chi connectivity index (χ0) is 18.1. The van der Waals surface area contributed by atoms with Crippen molar-refractivity contribution < 1.29 is 9.53 Å². The molecule has 26 heavy (non-hydrogen) atoms. The van der Waals surface area contributed by atoms with E-state index in [1.54, 1.807) is 6.92 Å². The molecule has 132 valence electrons. The van der Waals surface area contributed by atoms with Crippen molar-refractivity contribution in [3.8, 4) is 5.75 Å². The van der Waals surface area contributed by atoms with Gasteiger partial charge >= 0.3 is 0 Å². The van der Waals surface area contributed by atoms with Crippen LogP contribution in [0.5, 0.6) is 5.75 Å². The summed E-state index contributed by atoms with van der Waals surface area (Å²) in [5, 5.41) is 5.16. The minimum atomic E-state index is -0.364. The Morgan fingerprint density at radius 2 is 2.08 bits per heavy atom. The lowest BCUT2D eigenvalue weighted by molar-refractivity contribution is 0.0933. The Hall–Kier alpha value is -3.08. The Labute approximate surface area is 151 Å². The molecule has 0 aliphatic carbocycles. The molecule has 0 saturated carbocycles. The second-order valence-corrected chi connectivity index (χ2v) is 6.62. The number of nitrogens with one attached hydrogen (secondary N) is 2. The number of amides is 1. The SMILES string of the molecule is Cc1cc(=O)c(C(=O)N[C@@H]2CCCOc3c2ccc2ccccc32)c[nH]1. The first-order valence-corrected chi connectivity index (χ1v) is 8.78. The second-order valence-electron chi connectivity index (χ2n) is 6.62. The lowest BCUT2D eigenvalue weighted by Gasteiger charge is -2.19. The molecule has 5 nitrogen and oxygen atoms in total. The number of carbonyl (C=O) groups excluding carboxylic acids is 1.